The minimum absolute atomic E-state index is 0.0625. The van der Waals surface area contributed by atoms with Crippen LogP contribution in [0.2, 0.25) is 0 Å². The van der Waals surface area contributed by atoms with E-state index in [0.717, 1.165) is 10.5 Å². The van der Waals surface area contributed by atoms with Gasteiger partial charge >= 0.3 is 12.1 Å². The van der Waals surface area contributed by atoms with Crippen LogP contribution in [0.25, 0.3) is 10.9 Å². The lowest BCUT2D eigenvalue weighted by Crippen LogP contribution is -2.53. The summed E-state index contributed by atoms with van der Waals surface area (Å²) in [7, 11) is 1.19. The molecule has 0 bridgehead atoms. The number of hydrogen-bond donors (Lipinski definition) is 1. The Balaban J connectivity index is 1.49. The van der Waals surface area contributed by atoms with Crippen LogP contribution in [0.5, 0.6) is 0 Å². The first-order valence-electron chi connectivity index (χ1n) is 12.9. The zero-order valence-corrected chi connectivity index (χ0v) is 22.4. The van der Waals surface area contributed by atoms with Crippen LogP contribution < -0.4 is 5.32 Å². The number of para-hydroxylation sites is 1. The molecule has 0 aliphatic carbocycles. The number of hydrogen-bond acceptors (Lipinski definition) is 7. The minimum Gasteiger partial charge on any atom is -0.467 e. The fraction of sp³-hybridized carbons (Fsp3) is 0.194. The average Bonchev–Trinajstić information content (AvgIpc) is 3.49. The van der Waals surface area contributed by atoms with Gasteiger partial charge < -0.3 is 14.8 Å². The molecule has 1 N–H and O–H groups in total. The quantitative estimate of drug-likeness (QED) is 0.261. The Hall–Kier alpha value is -5.25. The predicted octanol–water partition coefficient (Wildman–Crippen LogP) is 3.71. The number of fused-ring (bicyclic) bond motifs is 2. The number of aromatic nitrogens is 1. The van der Waals surface area contributed by atoms with Crippen molar-refractivity contribution in [3.63, 3.8) is 0 Å². The number of amides is 3. The predicted molar refractivity (Wildman–Crippen MR) is 148 cm³/mol. The van der Waals surface area contributed by atoms with Crippen molar-refractivity contribution in [1.82, 2.24) is 14.8 Å². The van der Waals surface area contributed by atoms with E-state index in [1.807, 2.05) is 30.3 Å². The lowest BCUT2D eigenvalue weighted by molar-refractivity contribution is -0.144. The maximum absolute atomic E-state index is 13.6. The molecule has 3 aromatic carbocycles. The van der Waals surface area contributed by atoms with Crippen molar-refractivity contribution >= 4 is 40.7 Å². The number of carbonyl (C=O) groups excluding carboxylic acids is 5. The molecule has 4 aromatic rings. The van der Waals surface area contributed by atoms with Crippen LogP contribution in [0.1, 0.15) is 38.8 Å². The van der Waals surface area contributed by atoms with Crippen molar-refractivity contribution in [2.45, 2.75) is 32.0 Å². The Kier molecular flexibility index (Phi) is 7.64. The maximum Gasteiger partial charge on any atom is 0.418 e. The van der Waals surface area contributed by atoms with Gasteiger partial charge in [0.2, 0.25) is 5.91 Å². The normalized spacial score (nSPS) is 14.0. The van der Waals surface area contributed by atoms with Gasteiger partial charge in [-0.05, 0) is 36.2 Å². The smallest absolute Gasteiger partial charge is 0.418 e. The zero-order valence-electron chi connectivity index (χ0n) is 22.4. The molecule has 1 aromatic heterocycles. The standard InChI is InChI=1S/C31H27N3O7/c1-19(30(38)40-2)32-27(35)26(34-28(36)23-13-6-7-14-24(23)29(34)37)16-21-17-33(25-15-9-8-12-22(21)25)31(39)41-18-20-10-4-3-5-11-20/h3-15,17,19,26H,16,18H2,1-2H3,(H,32,35)/t19-,26+/m0/s1. The Bertz CT molecular complexity index is 1630. The first-order chi connectivity index (χ1) is 19.8. The summed E-state index contributed by atoms with van der Waals surface area (Å²) in [5.74, 6) is -2.65. The van der Waals surface area contributed by atoms with Crippen LogP contribution in [0, 0.1) is 0 Å². The van der Waals surface area contributed by atoms with Gasteiger partial charge in [-0.25, -0.2) is 9.59 Å². The van der Waals surface area contributed by atoms with Gasteiger partial charge in [-0.1, -0.05) is 60.7 Å². The van der Waals surface area contributed by atoms with Crippen LogP contribution in [-0.4, -0.2) is 58.4 Å². The highest BCUT2D eigenvalue weighted by atomic mass is 16.5. The summed E-state index contributed by atoms with van der Waals surface area (Å²) in [5.41, 5.74) is 2.25. The Morgan fingerprint density at radius 3 is 2.12 bits per heavy atom. The van der Waals surface area contributed by atoms with Crippen LogP contribution >= 0.6 is 0 Å². The molecule has 0 radical (unpaired) electrons. The SMILES string of the molecule is COC(=O)[C@H](C)NC(=O)[C@@H](Cc1cn(C(=O)OCc2ccccc2)c2ccccc12)N1C(=O)c2ccccc2C1=O. The van der Waals surface area contributed by atoms with Crippen LogP contribution in [-0.2, 0) is 32.1 Å². The van der Waals surface area contributed by atoms with Crippen LogP contribution in [0.15, 0.2) is 85.1 Å². The molecule has 1 aliphatic heterocycles. The Morgan fingerprint density at radius 2 is 1.46 bits per heavy atom. The molecule has 10 heteroatoms. The molecule has 5 rings (SSSR count). The van der Waals surface area contributed by atoms with Crippen LogP contribution in [0.3, 0.4) is 0 Å². The molecule has 208 valence electrons. The molecule has 1 aliphatic rings. The minimum atomic E-state index is -1.32. The third-order valence-electron chi connectivity index (χ3n) is 6.96. The summed E-state index contributed by atoms with van der Waals surface area (Å²) in [6, 6.07) is 20.3. The number of carbonyl (C=O) groups is 5. The maximum atomic E-state index is 13.6. The van der Waals surface area contributed by atoms with Crippen molar-refractivity contribution < 1.29 is 33.4 Å². The highest BCUT2D eigenvalue weighted by Crippen LogP contribution is 2.29. The second-order valence-electron chi connectivity index (χ2n) is 9.58. The Labute approximate surface area is 235 Å². The average molecular weight is 554 g/mol. The van der Waals surface area contributed by atoms with E-state index in [1.54, 1.807) is 42.6 Å². The number of nitrogens with zero attached hydrogens (tertiary/aromatic N) is 2. The molecule has 2 heterocycles. The fourth-order valence-corrected chi connectivity index (χ4v) is 4.90. The lowest BCUT2D eigenvalue weighted by Gasteiger charge is -2.26. The fourth-order valence-electron chi connectivity index (χ4n) is 4.90. The number of ether oxygens (including phenoxy) is 2. The third-order valence-corrected chi connectivity index (χ3v) is 6.96. The van der Waals surface area contributed by atoms with Crippen molar-refractivity contribution in [3.8, 4) is 0 Å². The summed E-state index contributed by atoms with van der Waals surface area (Å²) in [5, 5.41) is 3.19. The number of benzene rings is 3. The monoisotopic (exact) mass is 553 g/mol. The van der Waals surface area contributed by atoms with E-state index in [0.29, 0.717) is 16.5 Å². The van der Waals surface area contributed by atoms with E-state index in [9.17, 15) is 24.0 Å². The highest BCUT2D eigenvalue weighted by molar-refractivity contribution is 6.23. The Morgan fingerprint density at radius 1 is 0.854 bits per heavy atom. The lowest BCUT2D eigenvalue weighted by atomic mass is 10.0. The van der Waals surface area contributed by atoms with E-state index >= 15 is 0 Å². The summed E-state index contributed by atoms with van der Waals surface area (Å²) in [4.78, 5) is 66.4. The first-order valence-corrected chi connectivity index (χ1v) is 12.9. The van der Waals surface area contributed by atoms with Gasteiger partial charge in [-0.15, -0.1) is 0 Å². The topological polar surface area (TPSA) is 124 Å². The molecule has 0 unspecified atom stereocenters. The number of esters is 1. The summed E-state index contributed by atoms with van der Waals surface area (Å²) in [6.45, 7) is 1.50. The van der Waals surface area contributed by atoms with E-state index in [4.69, 9.17) is 9.47 Å². The van der Waals surface area contributed by atoms with Gasteiger partial charge in [-0.3, -0.25) is 23.9 Å². The van der Waals surface area contributed by atoms with E-state index in [1.165, 1.54) is 30.7 Å². The third kappa shape index (κ3) is 5.31. The molecule has 2 atom stereocenters. The molecule has 10 nitrogen and oxygen atoms in total. The van der Waals surface area contributed by atoms with Gasteiger partial charge in [-0.2, -0.15) is 0 Å². The van der Waals surface area contributed by atoms with Gasteiger partial charge in [0.25, 0.3) is 11.8 Å². The number of nitrogens with one attached hydrogen (secondary N) is 1. The summed E-state index contributed by atoms with van der Waals surface area (Å²) >= 11 is 0. The molecular weight excluding hydrogens is 526 g/mol. The first kappa shape index (κ1) is 27.3. The number of imide groups is 1. The molecule has 0 fully saturated rings. The van der Waals surface area contributed by atoms with Crippen LogP contribution in [0.4, 0.5) is 4.79 Å². The molecular formula is C31H27N3O7. The molecule has 0 saturated carbocycles. The van der Waals surface area contributed by atoms with E-state index in [2.05, 4.69) is 5.32 Å². The van der Waals surface area contributed by atoms with Crippen molar-refractivity contribution in [2.24, 2.45) is 0 Å². The zero-order chi connectivity index (χ0) is 29.1. The molecule has 3 amide bonds. The van der Waals surface area contributed by atoms with Crippen molar-refractivity contribution in [1.29, 1.82) is 0 Å². The van der Waals surface area contributed by atoms with Gasteiger partial charge in [0.1, 0.15) is 18.7 Å². The van der Waals surface area contributed by atoms with E-state index < -0.39 is 41.9 Å². The molecule has 0 spiro atoms. The van der Waals surface area contributed by atoms with Gasteiger partial charge in [0.15, 0.2) is 0 Å². The number of methoxy groups -OCH3 is 1. The largest absolute Gasteiger partial charge is 0.467 e. The number of rotatable bonds is 8. The second kappa shape index (κ2) is 11.5. The highest BCUT2D eigenvalue weighted by Gasteiger charge is 2.43. The summed E-state index contributed by atoms with van der Waals surface area (Å²) < 4.78 is 11.6. The molecule has 41 heavy (non-hydrogen) atoms. The molecule has 0 saturated heterocycles. The van der Waals surface area contributed by atoms with Crippen molar-refractivity contribution in [3.05, 3.63) is 107 Å². The van der Waals surface area contributed by atoms with Gasteiger partial charge in [0, 0.05) is 18.0 Å². The second-order valence-corrected chi connectivity index (χ2v) is 9.58. The van der Waals surface area contributed by atoms with Gasteiger partial charge in [0.05, 0.1) is 23.8 Å². The van der Waals surface area contributed by atoms with E-state index in [-0.39, 0.29) is 24.2 Å². The summed E-state index contributed by atoms with van der Waals surface area (Å²) in [6.07, 6.45) is 0.794. The van der Waals surface area contributed by atoms with Crippen molar-refractivity contribution in [2.75, 3.05) is 7.11 Å².